The zero-order valence-electron chi connectivity index (χ0n) is 13.9. The summed E-state index contributed by atoms with van der Waals surface area (Å²) in [6, 6.07) is 12.1. The summed E-state index contributed by atoms with van der Waals surface area (Å²) in [6.45, 7) is 6.50. The van der Waals surface area contributed by atoms with Crippen molar-refractivity contribution in [3.63, 3.8) is 0 Å². The van der Waals surface area contributed by atoms with Gasteiger partial charge in [0.2, 0.25) is 0 Å². The Morgan fingerprint density at radius 3 is 2.71 bits per heavy atom. The lowest BCUT2D eigenvalue weighted by Gasteiger charge is -2.24. The van der Waals surface area contributed by atoms with Gasteiger partial charge in [0.15, 0.2) is 11.5 Å². The number of benzene rings is 2. The van der Waals surface area contributed by atoms with Gasteiger partial charge in [0.25, 0.3) is 0 Å². The van der Waals surface area contributed by atoms with Gasteiger partial charge in [0.1, 0.15) is 0 Å². The minimum atomic E-state index is -0.0313. The Morgan fingerprint density at radius 1 is 1.29 bits per heavy atom. The summed E-state index contributed by atoms with van der Waals surface area (Å²) in [7, 11) is 0. The van der Waals surface area contributed by atoms with Crippen molar-refractivity contribution in [2.75, 3.05) is 25.9 Å². The second-order valence-corrected chi connectivity index (χ2v) is 6.92. The number of fused-ring (bicyclic) bond motifs is 1. The van der Waals surface area contributed by atoms with Gasteiger partial charge in [0.05, 0.1) is 4.90 Å². The van der Waals surface area contributed by atoms with Gasteiger partial charge in [0, 0.05) is 25.6 Å². The summed E-state index contributed by atoms with van der Waals surface area (Å²) in [5.41, 5.74) is 3.50. The lowest BCUT2D eigenvalue weighted by Crippen LogP contribution is -2.28. The number of hydrogen-bond donors (Lipinski definition) is 2. The van der Waals surface area contributed by atoms with Crippen molar-refractivity contribution in [2.24, 2.45) is 0 Å². The lowest BCUT2D eigenvalue weighted by molar-refractivity contribution is 0.306. The molecule has 0 spiro atoms. The molecule has 0 aliphatic carbocycles. The number of nitrogens with zero attached hydrogens (tertiary/aromatic N) is 1. The third kappa shape index (κ3) is 3.17. The third-order valence-electron chi connectivity index (χ3n) is 4.66. The van der Waals surface area contributed by atoms with E-state index >= 15 is 0 Å². The molecule has 0 fully saturated rings. The van der Waals surface area contributed by atoms with Crippen LogP contribution in [0.4, 0.5) is 0 Å². The first-order chi connectivity index (χ1) is 11.7. The van der Waals surface area contributed by atoms with Gasteiger partial charge < -0.3 is 10.2 Å². The molecule has 3 rings (SSSR count). The molecule has 1 unspecified atom stereocenters. The van der Waals surface area contributed by atoms with Crippen LogP contribution in [-0.2, 0) is 6.42 Å². The highest BCUT2D eigenvalue weighted by Crippen LogP contribution is 2.44. The Kier molecular flexibility index (Phi) is 5.17. The van der Waals surface area contributed by atoms with Crippen LogP contribution in [0.15, 0.2) is 53.9 Å². The molecule has 24 heavy (non-hydrogen) atoms. The van der Waals surface area contributed by atoms with Gasteiger partial charge in [-0.15, -0.1) is 18.3 Å². The molecule has 126 valence electrons. The number of thioether (sulfide) groups is 1. The molecule has 3 nitrogen and oxygen atoms in total. The normalized spacial score (nSPS) is 18.0. The highest BCUT2D eigenvalue weighted by Gasteiger charge is 2.28. The highest BCUT2D eigenvalue weighted by molar-refractivity contribution is 7.98. The molecule has 2 N–H and O–H groups in total. The van der Waals surface area contributed by atoms with E-state index in [4.69, 9.17) is 0 Å². The van der Waals surface area contributed by atoms with Crippen LogP contribution >= 0.6 is 11.8 Å². The molecule has 1 aliphatic rings. The predicted molar refractivity (Wildman–Crippen MR) is 100 cm³/mol. The molecule has 0 saturated heterocycles. The fourth-order valence-corrected chi connectivity index (χ4v) is 4.28. The fraction of sp³-hybridized carbons (Fsp3) is 0.300. The highest BCUT2D eigenvalue weighted by atomic mass is 32.2. The van der Waals surface area contributed by atoms with E-state index < -0.39 is 0 Å². The Morgan fingerprint density at radius 2 is 2.04 bits per heavy atom. The van der Waals surface area contributed by atoms with Crippen molar-refractivity contribution >= 4 is 11.8 Å². The van der Waals surface area contributed by atoms with Crippen LogP contribution in [0.25, 0.3) is 0 Å². The maximum Gasteiger partial charge on any atom is 0.171 e. The van der Waals surface area contributed by atoms with E-state index in [-0.39, 0.29) is 17.4 Å². The first-order valence-corrected chi connectivity index (χ1v) is 9.38. The minimum Gasteiger partial charge on any atom is -0.504 e. The number of rotatable bonds is 4. The molecule has 0 saturated carbocycles. The summed E-state index contributed by atoms with van der Waals surface area (Å²) in [6.07, 6.45) is 4.73. The second kappa shape index (κ2) is 7.32. The molecule has 0 radical (unpaired) electrons. The molecule has 1 aliphatic heterocycles. The largest absolute Gasteiger partial charge is 0.504 e. The Balaban J connectivity index is 2.16. The van der Waals surface area contributed by atoms with Crippen LogP contribution < -0.4 is 0 Å². The number of hydrogen-bond acceptors (Lipinski definition) is 4. The maximum absolute atomic E-state index is 10.3. The summed E-state index contributed by atoms with van der Waals surface area (Å²) in [4.78, 5) is 3.18. The van der Waals surface area contributed by atoms with Gasteiger partial charge in [-0.3, -0.25) is 4.90 Å². The minimum absolute atomic E-state index is 0.00484. The number of aromatic hydroxyl groups is 2. The van der Waals surface area contributed by atoms with Crippen molar-refractivity contribution in [1.29, 1.82) is 0 Å². The summed E-state index contributed by atoms with van der Waals surface area (Å²) in [5.74, 6) is 0.141. The molecule has 2 aromatic carbocycles. The van der Waals surface area contributed by atoms with Crippen LogP contribution in [0.3, 0.4) is 0 Å². The molecule has 1 heterocycles. The van der Waals surface area contributed by atoms with E-state index in [2.05, 4.69) is 23.6 Å². The summed E-state index contributed by atoms with van der Waals surface area (Å²) < 4.78 is 0. The first-order valence-electron chi connectivity index (χ1n) is 8.15. The van der Waals surface area contributed by atoms with Crippen LogP contribution in [0.2, 0.25) is 0 Å². The van der Waals surface area contributed by atoms with E-state index in [1.54, 1.807) is 6.07 Å². The molecule has 0 amide bonds. The lowest BCUT2D eigenvalue weighted by atomic mass is 9.87. The van der Waals surface area contributed by atoms with Gasteiger partial charge in [-0.25, -0.2) is 0 Å². The van der Waals surface area contributed by atoms with Crippen molar-refractivity contribution in [3.05, 3.63) is 65.7 Å². The van der Waals surface area contributed by atoms with Crippen LogP contribution in [-0.4, -0.2) is 41.0 Å². The van der Waals surface area contributed by atoms with Crippen molar-refractivity contribution < 1.29 is 10.2 Å². The molecule has 0 aromatic heterocycles. The molecule has 2 aromatic rings. The molecular formula is C20H23NO2S. The standard InChI is InChI=1S/C20H23NO2S/c1-3-10-21-11-9-15-16(12-18(22)19(23)20(15)24-2)17(13-21)14-7-5-4-6-8-14/h3-8,12,17,22-23H,1,9-11,13H2,2H3. The topological polar surface area (TPSA) is 43.7 Å². The smallest absolute Gasteiger partial charge is 0.171 e. The average Bonchev–Trinajstić information content (AvgIpc) is 2.77. The third-order valence-corrected chi connectivity index (χ3v) is 5.51. The Hall–Kier alpha value is -1.91. The monoisotopic (exact) mass is 341 g/mol. The zero-order valence-corrected chi connectivity index (χ0v) is 14.7. The van der Waals surface area contributed by atoms with Gasteiger partial charge >= 0.3 is 0 Å². The number of phenols is 2. The van der Waals surface area contributed by atoms with E-state index in [1.807, 2.05) is 30.5 Å². The molecule has 1 atom stereocenters. The number of phenolic OH excluding ortho intramolecular Hbond substituents is 2. The van der Waals surface area contributed by atoms with E-state index in [9.17, 15) is 10.2 Å². The molecule has 4 heteroatoms. The fourth-order valence-electron chi connectivity index (χ4n) is 3.52. The van der Waals surface area contributed by atoms with Crippen molar-refractivity contribution in [3.8, 4) is 11.5 Å². The van der Waals surface area contributed by atoms with Crippen LogP contribution in [0, 0.1) is 0 Å². The predicted octanol–water partition coefficient (Wildman–Crippen LogP) is 4.00. The Bertz CT molecular complexity index is 730. The SMILES string of the molecule is C=CCN1CCc2c(cc(O)c(O)c2SC)C(c2ccccc2)C1. The second-order valence-electron chi connectivity index (χ2n) is 6.11. The van der Waals surface area contributed by atoms with Crippen LogP contribution in [0.1, 0.15) is 22.6 Å². The van der Waals surface area contributed by atoms with E-state index in [0.29, 0.717) is 0 Å². The first kappa shape index (κ1) is 16.9. The van der Waals surface area contributed by atoms with Gasteiger partial charge in [-0.1, -0.05) is 36.4 Å². The van der Waals surface area contributed by atoms with Gasteiger partial charge in [-0.2, -0.15) is 0 Å². The van der Waals surface area contributed by atoms with Crippen LogP contribution in [0.5, 0.6) is 11.5 Å². The van der Waals surface area contributed by atoms with E-state index in [0.717, 1.165) is 42.1 Å². The quantitative estimate of drug-likeness (QED) is 0.501. The Labute approximate surface area is 147 Å². The van der Waals surface area contributed by atoms with Crippen molar-refractivity contribution in [1.82, 2.24) is 4.90 Å². The summed E-state index contributed by atoms with van der Waals surface area (Å²) in [5, 5.41) is 20.5. The molecule has 0 bridgehead atoms. The molecular weight excluding hydrogens is 318 g/mol. The van der Waals surface area contributed by atoms with Crippen molar-refractivity contribution in [2.45, 2.75) is 17.2 Å². The van der Waals surface area contributed by atoms with Gasteiger partial charge in [-0.05, 0) is 35.4 Å². The van der Waals surface area contributed by atoms with E-state index in [1.165, 1.54) is 17.3 Å². The average molecular weight is 341 g/mol. The maximum atomic E-state index is 10.3. The zero-order chi connectivity index (χ0) is 17.1. The summed E-state index contributed by atoms with van der Waals surface area (Å²) >= 11 is 1.50.